The lowest BCUT2D eigenvalue weighted by atomic mass is 9.88. The number of nitrogens with two attached hydrogens (primary N) is 1. The Morgan fingerprint density at radius 2 is 1.87 bits per heavy atom. The summed E-state index contributed by atoms with van der Waals surface area (Å²) in [4.78, 5) is 27.8. The van der Waals surface area contributed by atoms with E-state index >= 15 is 0 Å². The van der Waals surface area contributed by atoms with Crippen molar-refractivity contribution in [1.29, 1.82) is 0 Å². The van der Waals surface area contributed by atoms with Gasteiger partial charge in [0.1, 0.15) is 5.75 Å². The Morgan fingerprint density at radius 1 is 1.10 bits per heavy atom. The summed E-state index contributed by atoms with van der Waals surface area (Å²) in [5, 5.41) is 2.94. The van der Waals surface area contributed by atoms with E-state index in [1.54, 1.807) is 25.3 Å². The zero-order valence-electron chi connectivity index (χ0n) is 18.3. The number of anilines is 1. The van der Waals surface area contributed by atoms with Crippen LogP contribution in [-0.2, 0) is 11.3 Å². The molecule has 6 heteroatoms. The van der Waals surface area contributed by atoms with E-state index < -0.39 is 0 Å². The van der Waals surface area contributed by atoms with Crippen molar-refractivity contribution < 1.29 is 14.3 Å². The lowest BCUT2D eigenvalue weighted by Crippen LogP contribution is -2.37. The molecule has 1 saturated carbocycles. The number of nitrogens with zero attached hydrogens (tertiary/aromatic N) is 1. The molecule has 0 bridgehead atoms. The third-order valence-corrected chi connectivity index (χ3v) is 5.81. The van der Waals surface area contributed by atoms with Gasteiger partial charge in [0.05, 0.1) is 12.7 Å². The third-order valence-electron chi connectivity index (χ3n) is 5.81. The molecule has 1 fully saturated rings. The lowest BCUT2D eigenvalue weighted by molar-refractivity contribution is -0.137. The highest BCUT2D eigenvalue weighted by Gasteiger charge is 2.26. The Morgan fingerprint density at radius 3 is 2.61 bits per heavy atom. The van der Waals surface area contributed by atoms with Gasteiger partial charge < -0.3 is 20.7 Å². The molecule has 0 heterocycles. The number of nitrogens with one attached hydrogen (secondary N) is 1. The van der Waals surface area contributed by atoms with Crippen molar-refractivity contribution in [2.24, 2.45) is 11.7 Å². The monoisotopic (exact) mass is 423 g/mol. The van der Waals surface area contributed by atoms with E-state index in [1.807, 2.05) is 35.2 Å². The molecule has 0 aliphatic heterocycles. The van der Waals surface area contributed by atoms with Crippen LogP contribution in [0.15, 0.2) is 48.5 Å². The predicted molar refractivity (Wildman–Crippen MR) is 123 cm³/mol. The zero-order valence-corrected chi connectivity index (χ0v) is 18.3. The molecule has 1 aliphatic carbocycles. The van der Waals surface area contributed by atoms with E-state index in [0.29, 0.717) is 36.6 Å². The number of amides is 2. The van der Waals surface area contributed by atoms with Crippen LogP contribution in [-0.4, -0.2) is 36.9 Å². The number of hydrogen-bond donors (Lipinski definition) is 2. The van der Waals surface area contributed by atoms with Crippen LogP contribution < -0.4 is 15.8 Å². The number of ether oxygens (including phenoxy) is 1. The van der Waals surface area contributed by atoms with Gasteiger partial charge in [0.25, 0.3) is 5.91 Å². The van der Waals surface area contributed by atoms with Gasteiger partial charge in [-0.05, 0) is 55.6 Å². The number of rotatable bonds is 9. The van der Waals surface area contributed by atoms with E-state index in [4.69, 9.17) is 10.5 Å². The van der Waals surface area contributed by atoms with Crippen molar-refractivity contribution in [2.45, 2.75) is 45.1 Å². The van der Waals surface area contributed by atoms with E-state index in [2.05, 4.69) is 5.32 Å². The van der Waals surface area contributed by atoms with Crippen LogP contribution in [0.25, 0.3) is 0 Å². The number of carbonyl (C=O) groups is 2. The fourth-order valence-corrected chi connectivity index (χ4v) is 4.16. The molecule has 3 N–H and O–H groups in total. The highest BCUT2D eigenvalue weighted by atomic mass is 16.5. The van der Waals surface area contributed by atoms with Crippen molar-refractivity contribution in [3.05, 3.63) is 59.7 Å². The van der Waals surface area contributed by atoms with Gasteiger partial charge in [-0.25, -0.2) is 0 Å². The standard InChI is InChI=1S/C25H33N3O3/c1-31-23-14-6-5-13-22(23)24(29)27-21-12-7-9-19(17-21)18-28(16-8-15-26)25(30)20-10-3-2-4-11-20/h5-7,9,12-14,17,20H,2-4,8,10-11,15-16,18,26H2,1H3,(H,27,29). The summed E-state index contributed by atoms with van der Waals surface area (Å²) >= 11 is 0. The normalized spacial score (nSPS) is 14.1. The number of carbonyl (C=O) groups excluding carboxylic acids is 2. The number of benzene rings is 2. The smallest absolute Gasteiger partial charge is 0.259 e. The molecule has 3 rings (SSSR count). The molecule has 2 aromatic rings. The first-order chi connectivity index (χ1) is 15.1. The second-order valence-corrected chi connectivity index (χ2v) is 8.09. The summed E-state index contributed by atoms with van der Waals surface area (Å²) in [5.41, 5.74) is 7.87. The van der Waals surface area contributed by atoms with Gasteiger partial charge >= 0.3 is 0 Å². The molecule has 0 saturated heterocycles. The van der Waals surface area contributed by atoms with Crippen LogP contribution in [0.3, 0.4) is 0 Å². The highest BCUT2D eigenvalue weighted by molar-refractivity contribution is 6.06. The second kappa shape index (κ2) is 11.5. The fourth-order valence-electron chi connectivity index (χ4n) is 4.16. The zero-order chi connectivity index (χ0) is 22.1. The quantitative estimate of drug-likeness (QED) is 0.633. The Hall–Kier alpha value is -2.86. The second-order valence-electron chi connectivity index (χ2n) is 8.09. The average molecular weight is 424 g/mol. The van der Waals surface area contributed by atoms with Crippen molar-refractivity contribution >= 4 is 17.5 Å². The molecule has 166 valence electrons. The highest BCUT2D eigenvalue weighted by Crippen LogP contribution is 2.26. The average Bonchev–Trinajstić information content (AvgIpc) is 2.82. The van der Waals surface area contributed by atoms with E-state index in [1.165, 1.54) is 6.42 Å². The Kier molecular flexibility index (Phi) is 8.47. The molecule has 0 unspecified atom stereocenters. The molecule has 0 radical (unpaired) electrons. The van der Waals surface area contributed by atoms with E-state index in [0.717, 1.165) is 37.7 Å². The van der Waals surface area contributed by atoms with Crippen molar-refractivity contribution in [1.82, 2.24) is 4.90 Å². The first-order valence-corrected chi connectivity index (χ1v) is 11.1. The van der Waals surface area contributed by atoms with Gasteiger partial charge in [-0.1, -0.05) is 43.5 Å². The number of para-hydroxylation sites is 1. The molecule has 2 amide bonds. The van der Waals surface area contributed by atoms with E-state index in [-0.39, 0.29) is 17.7 Å². The van der Waals surface area contributed by atoms with Crippen LogP contribution in [0.1, 0.15) is 54.4 Å². The van der Waals surface area contributed by atoms with Gasteiger partial charge in [0.15, 0.2) is 0 Å². The Bertz CT molecular complexity index is 878. The minimum absolute atomic E-state index is 0.125. The molecule has 6 nitrogen and oxygen atoms in total. The summed E-state index contributed by atoms with van der Waals surface area (Å²) < 4.78 is 5.29. The molecule has 0 aromatic heterocycles. The maximum atomic E-state index is 13.1. The van der Waals surface area contributed by atoms with E-state index in [9.17, 15) is 9.59 Å². The molecular weight excluding hydrogens is 390 g/mol. The molecule has 0 atom stereocenters. The largest absolute Gasteiger partial charge is 0.496 e. The van der Waals surface area contributed by atoms with Gasteiger partial charge in [-0.2, -0.15) is 0 Å². The fraction of sp³-hybridized carbons (Fsp3) is 0.440. The summed E-state index contributed by atoms with van der Waals surface area (Å²) in [5.74, 6) is 0.659. The number of hydrogen-bond acceptors (Lipinski definition) is 4. The van der Waals surface area contributed by atoms with Crippen LogP contribution in [0.4, 0.5) is 5.69 Å². The minimum Gasteiger partial charge on any atom is -0.496 e. The number of methoxy groups -OCH3 is 1. The van der Waals surface area contributed by atoms with Crippen LogP contribution in [0, 0.1) is 5.92 Å². The molecule has 2 aromatic carbocycles. The van der Waals surface area contributed by atoms with Crippen LogP contribution in [0.5, 0.6) is 5.75 Å². The van der Waals surface area contributed by atoms with Crippen molar-refractivity contribution in [3.63, 3.8) is 0 Å². The maximum absolute atomic E-state index is 13.1. The topological polar surface area (TPSA) is 84.7 Å². The predicted octanol–water partition coefficient (Wildman–Crippen LogP) is 4.21. The molecule has 31 heavy (non-hydrogen) atoms. The van der Waals surface area contributed by atoms with Crippen molar-refractivity contribution in [2.75, 3.05) is 25.5 Å². The first kappa shape index (κ1) is 22.8. The minimum atomic E-state index is -0.229. The van der Waals surface area contributed by atoms with Crippen LogP contribution >= 0.6 is 0 Å². The summed E-state index contributed by atoms with van der Waals surface area (Å²) in [6.45, 7) is 1.74. The third kappa shape index (κ3) is 6.31. The lowest BCUT2D eigenvalue weighted by Gasteiger charge is -2.29. The molecule has 0 spiro atoms. The Balaban J connectivity index is 1.71. The molecular formula is C25H33N3O3. The Labute approximate surface area is 184 Å². The summed E-state index contributed by atoms with van der Waals surface area (Å²) in [7, 11) is 1.55. The molecule has 1 aliphatic rings. The SMILES string of the molecule is COc1ccccc1C(=O)Nc1cccc(CN(CCCN)C(=O)C2CCCCC2)c1. The summed E-state index contributed by atoms with van der Waals surface area (Å²) in [6.07, 6.45) is 6.22. The maximum Gasteiger partial charge on any atom is 0.259 e. The van der Waals surface area contributed by atoms with Gasteiger partial charge in [-0.3, -0.25) is 9.59 Å². The summed E-state index contributed by atoms with van der Waals surface area (Å²) in [6, 6.07) is 14.8. The first-order valence-electron chi connectivity index (χ1n) is 11.1. The van der Waals surface area contributed by atoms with Gasteiger partial charge in [-0.15, -0.1) is 0 Å². The van der Waals surface area contributed by atoms with Gasteiger partial charge in [0.2, 0.25) is 5.91 Å². The van der Waals surface area contributed by atoms with Crippen molar-refractivity contribution in [3.8, 4) is 5.75 Å². The van der Waals surface area contributed by atoms with Crippen LogP contribution in [0.2, 0.25) is 0 Å². The van der Waals surface area contributed by atoms with Gasteiger partial charge in [0, 0.05) is 24.7 Å².